The maximum absolute atomic E-state index is 3.83. The van der Waals surface area contributed by atoms with Crippen molar-refractivity contribution in [1.29, 1.82) is 0 Å². The zero-order valence-electron chi connectivity index (χ0n) is 12.7. The molecule has 1 atom stereocenters. The monoisotopic (exact) mass is 252 g/mol. The first-order valence-electron chi connectivity index (χ1n) is 8.10. The summed E-state index contributed by atoms with van der Waals surface area (Å²) in [5.74, 6) is 0.992. The van der Waals surface area contributed by atoms with Gasteiger partial charge in [0.1, 0.15) is 0 Å². The lowest BCUT2D eigenvalue weighted by atomic mass is 9.81. The Labute approximate surface area is 114 Å². The smallest absolute Gasteiger partial charge is 0.0356 e. The van der Waals surface area contributed by atoms with E-state index >= 15 is 0 Å². The van der Waals surface area contributed by atoms with Crippen molar-refractivity contribution in [1.82, 2.24) is 10.2 Å². The molecule has 2 rings (SSSR count). The van der Waals surface area contributed by atoms with E-state index in [4.69, 9.17) is 0 Å². The molecule has 0 saturated heterocycles. The summed E-state index contributed by atoms with van der Waals surface area (Å²) in [6.45, 7) is 3.38. The number of nitrogens with zero attached hydrogens (tertiary/aromatic N) is 1. The summed E-state index contributed by atoms with van der Waals surface area (Å²) in [6, 6.07) is 0.711. The Morgan fingerprint density at radius 1 is 1.11 bits per heavy atom. The van der Waals surface area contributed by atoms with Crippen molar-refractivity contribution in [3.05, 3.63) is 0 Å². The maximum atomic E-state index is 3.83. The summed E-state index contributed by atoms with van der Waals surface area (Å²) < 4.78 is 0. The van der Waals surface area contributed by atoms with Crippen LogP contribution in [0.4, 0.5) is 0 Å². The molecule has 2 fully saturated rings. The van der Waals surface area contributed by atoms with E-state index in [0.717, 1.165) is 12.5 Å². The van der Waals surface area contributed by atoms with Crippen LogP contribution in [0, 0.1) is 5.92 Å². The van der Waals surface area contributed by atoms with E-state index in [2.05, 4.69) is 31.2 Å². The molecule has 0 amide bonds. The van der Waals surface area contributed by atoms with Crippen LogP contribution in [0.5, 0.6) is 0 Å². The summed E-state index contributed by atoms with van der Waals surface area (Å²) in [6.07, 6.45) is 12.9. The number of hydrogen-bond donors (Lipinski definition) is 1. The molecule has 106 valence electrons. The van der Waals surface area contributed by atoms with E-state index in [9.17, 15) is 0 Å². The molecule has 1 N–H and O–H groups in total. The third kappa shape index (κ3) is 2.91. The second-order valence-electron chi connectivity index (χ2n) is 6.70. The Bertz CT molecular complexity index is 237. The molecule has 0 spiro atoms. The van der Waals surface area contributed by atoms with E-state index in [1.165, 1.54) is 57.8 Å². The zero-order valence-corrected chi connectivity index (χ0v) is 12.7. The molecular formula is C16H32N2. The normalized spacial score (nSPS) is 26.0. The minimum atomic E-state index is 0.443. The van der Waals surface area contributed by atoms with Gasteiger partial charge >= 0.3 is 0 Å². The van der Waals surface area contributed by atoms with Crippen LogP contribution < -0.4 is 5.32 Å². The van der Waals surface area contributed by atoms with Crippen LogP contribution in [0.2, 0.25) is 0 Å². The molecule has 0 aromatic carbocycles. The highest BCUT2D eigenvalue weighted by atomic mass is 15.2. The largest absolute Gasteiger partial charge is 0.312 e. The highest BCUT2D eigenvalue weighted by molar-refractivity contribution is 5.02. The maximum Gasteiger partial charge on any atom is 0.0356 e. The van der Waals surface area contributed by atoms with Gasteiger partial charge in [-0.05, 0) is 45.8 Å². The highest BCUT2D eigenvalue weighted by Crippen LogP contribution is 2.40. The van der Waals surface area contributed by atoms with Crippen molar-refractivity contribution in [2.45, 2.75) is 76.3 Å². The third-order valence-corrected chi connectivity index (χ3v) is 5.50. The van der Waals surface area contributed by atoms with Gasteiger partial charge in [0.05, 0.1) is 0 Å². The first-order valence-corrected chi connectivity index (χ1v) is 8.10. The average Bonchev–Trinajstić information content (AvgIpc) is 3.00. The van der Waals surface area contributed by atoms with E-state index < -0.39 is 0 Å². The Hall–Kier alpha value is -0.0800. The van der Waals surface area contributed by atoms with Crippen molar-refractivity contribution in [2.75, 3.05) is 20.6 Å². The van der Waals surface area contributed by atoms with Gasteiger partial charge in [0, 0.05) is 11.6 Å². The lowest BCUT2D eigenvalue weighted by Gasteiger charge is -2.44. The quantitative estimate of drug-likeness (QED) is 0.779. The van der Waals surface area contributed by atoms with Crippen LogP contribution in [0.15, 0.2) is 0 Å². The molecule has 2 heteroatoms. The Morgan fingerprint density at radius 2 is 1.72 bits per heavy atom. The standard InChI is InChI=1S/C16H32N2/c1-4-17-15(13-14-9-5-6-10-14)16(18(2)3)11-7-8-12-16/h14-15,17H,4-13H2,1-3H3. The van der Waals surface area contributed by atoms with Gasteiger partial charge in [-0.15, -0.1) is 0 Å². The lowest BCUT2D eigenvalue weighted by molar-refractivity contribution is 0.0919. The van der Waals surface area contributed by atoms with E-state index in [1.54, 1.807) is 0 Å². The van der Waals surface area contributed by atoms with Gasteiger partial charge in [-0.3, -0.25) is 0 Å². The van der Waals surface area contributed by atoms with E-state index in [0.29, 0.717) is 11.6 Å². The van der Waals surface area contributed by atoms with Crippen LogP contribution in [0.3, 0.4) is 0 Å². The number of likely N-dealkylation sites (N-methyl/N-ethyl adjacent to an activating group) is 2. The molecule has 0 heterocycles. The van der Waals surface area contributed by atoms with E-state index in [-0.39, 0.29) is 0 Å². The predicted molar refractivity (Wildman–Crippen MR) is 78.9 cm³/mol. The fourth-order valence-corrected chi connectivity index (χ4v) is 4.41. The average molecular weight is 252 g/mol. The summed E-state index contributed by atoms with van der Waals surface area (Å²) in [7, 11) is 4.59. The van der Waals surface area contributed by atoms with Crippen molar-refractivity contribution in [2.24, 2.45) is 5.92 Å². The molecule has 0 aliphatic heterocycles. The molecule has 2 nitrogen and oxygen atoms in total. The van der Waals surface area contributed by atoms with Crippen molar-refractivity contribution >= 4 is 0 Å². The molecule has 2 saturated carbocycles. The van der Waals surface area contributed by atoms with Gasteiger partial charge < -0.3 is 10.2 Å². The van der Waals surface area contributed by atoms with Gasteiger partial charge in [-0.1, -0.05) is 45.4 Å². The molecule has 0 radical (unpaired) electrons. The Morgan fingerprint density at radius 3 is 2.22 bits per heavy atom. The van der Waals surface area contributed by atoms with Crippen molar-refractivity contribution in [3.8, 4) is 0 Å². The van der Waals surface area contributed by atoms with Crippen LogP contribution in [-0.4, -0.2) is 37.1 Å². The molecule has 0 bridgehead atoms. The van der Waals surface area contributed by atoms with Gasteiger partial charge in [-0.25, -0.2) is 0 Å². The fourth-order valence-electron chi connectivity index (χ4n) is 4.41. The first-order chi connectivity index (χ1) is 8.69. The SMILES string of the molecule is CCNC(CC1CCCC1)C1(N(C)C)CCCC1. The minimum absolute atomic E-state index is 0.443. The molecule has 0 aromatic heterocycles. The minimum Gasteiger partial charge on any atom is -0.312 e. The first kappa shape index (κ1) is 14.3. The Kier molecular flexibility index (Phi) is 5.08. The molecule has 2 aliphatic rings. The van der Waals surface area contributed by atoms with Crippen molar-refractivity contribution < 1.29 is 0 Å². The predicted octanol–water partition coefficient (Wildman–Crippen LogP) is 3.42. The molecule has 18 heavy (non-hydrogen) atoms. The summed E-state index contributed by atoms with van der Waals surface area (Å²) in [4.78, 5) is 2.53. The topological polar surface area (TPSA) is 15.3 Å². The summed E-state index contributed by atoms with van der Waals surface area (Å²) >= 11 is 0. The van der Waals surface area contributed by atoms with Gasteiger partial charge in [0.2, 0.25) is 0 Å². The molecule has 1 unspecified atom stereocenters. The van der Waals surface area contributed by atoms with Gasteiger partial charge in [0.25, 0.3) is 0 Å². The van der Waals surface area contributed by atoms with Crippen LogP contribution >= 0.6 is 0 Å². The number of rotatable bonds is 6. The number of hydrogen-bond acceptors (Lipinski definition) is 2. The summed E-state index contributed by atoms with van der Waals surface area (Å²) in [5.41, 5.74) is 0.443. The van der Waals surface area contributed by atoms with Crippen LogP contribution in [0.25, 0.3) is 0 Å². The zero-order chi connectivity index (χ0) is 13.0. The van der Waals surface area contributed by atoms with Crippen LogP contribution in [0.1, 0.15) is 64.7 Å². The third-order valence-electron chi connectivity index (χ3n) is 5.50. The fraction of sp³-hybridized carbons (Fsp3) is 1.00. The lowest BCUT2D eigenvalue weighted by Crippen LogP contribution is -2.58. The number of nitrogens with one attached hydrogen (secondary N) is 1. The highest BCUT2D eigenvalue weighted by Gasteiger charge is 2.43. The van der Waals surface area contributed by atoms with Crippen molar-refractivity contribution in [3.63, 3.8) is 0 Å². The second kappa shape index (κ2) is 6.38. The van der Waals surface area contributed by atoms with Gasteiger partial charge in [-0.2, -0.15) is 0 Å². The van der Waals surface area contributed by atoms with E-state index in [1.807, 2.05) is 0 Å². The summed E-state index contributed by atoms with van der Waals surface area (Å²) in [5, 5.41) is 3.83. The second-order valence-corrected chi connectivity index (χ2v) is 6.70. The molecule has 0 aromatic rings. The Balaban J connectivity index is 2.05. The van der Waals surface area contributed by atoms with Crippen LogP contribution in [-0.2, 0) is 0 Å². The molecule has 2 aliphatic carbocycles. The molecular weight excluding hydrogens is 220 g/mol. The van der Waals surface area contributed by atoms with Gasteiger partial charge in [0.15, 0.2) is 0 Å².